The number of hydrogen-bond acceptors (Lipinski definition) is 15. The van der Waals surface area contributed by atoms with Crippen LogP contribution in [0.15, 0.2) is 24.3 Å². The zero-order chi connectivity index (χ0) is 37.2. The minimum absolute atomic E-state index is 0.0299. The van der Waals surface area contributed by atoms with Crippen LogP contribution in [0.5, 0.6) is 28.7 Å². The van der Waals surface area contributed by atoms with E-state index in [0.29, 0.717) is 48.4 Å². The first-order chi connectivity index (χ1) is 25.6. The molecule has 0 aliphatic carbocycles. The fourth-order valence-electron chi connectivity index (χ4n) is 7.55. The lowest BCUT2D eigenvalue weighted by molar-refractivity contribution is -0.379. The zero-order valence-corrected chi connectivity index (χ0v) is 29.7. The molecule has 290 valence electrons. The predicted molar refractivity (Wildman–Crippen MR) is 181 cm³/mol. The second kappa shape index (κ2) is 16.2. The number of nitrogens with two attached hydrogens (primary N) is 1. The molecule has 2 aromatic carbocycles. The number of hydrogen-bond donors (Lipinski definition) is 4. The highest BCUT2D eigenvalue weighted by atomic mass is 17.2. The van der Waals surface area contributed by atoms with Crippen LogP contribution in [0.4, 0.5) is 0 Å². The van der Waals surface area contributed by atoms with Crippen LogP contribution >= 0.6 is 0 Å². The number of aliphatic hydroxyl groups excluding tert-OH is 2. The maximum absolute atomic E-state index is 12.4. The van der Waals surface area contributed by atoms with Crippen molar-refractivity contribution in [2.45, 2.75) is 107 Å². The summed E-state index contributed by atoms with van der Waals surface area (Å²) in [5.41, 5.74) is 8.39. The molecule has 9 atom stereocenters. The quantitative estimate of drug-likeness (QED) is 0.0947. The minimum Gasteiger partial charge on any atom is -0.492 e. The number of rotatable bonds is 14. The van der Waals surface area contributed by atoms with Crippen LogP contribution in [0.3, 0.4) is 0 Å². The van der Waals surface area contributed by atoms with Gasteiger partial charge in [-0.15, -0.1) is 0 Å². The van der Waals surface area contributed by atoms with Gasteiger partial charge < -0.3 is 63.8 Å². The summed E-state index contributed by atoms with van der Waals surface area (Å²) in [6.45, 7) is 4.82. The van der Waals surface area contributed by atoms with Crippen molar-refractivity contribution in [3.8, 4) is 28.7 Å². The van der Waals surface area contributed by atoms with Gasteiger partial charge in [0.2, 0.25) is 6.79 Å². The number of carbonyl (C=O) groups is 2. The van der Waals surface area contributed by atoms with E-state index in [1.807, 2.05) is 18.2 Å². The zero-order valence-electron chi connectivity index (χ0n) is 29.7. The van der Waals surface area contributed by atoms with Crippen molar-refractivity contribution in [1.82, 2.24) is 0 Å². The van der Waals surface area contributed by atoms with Gasteiger partial charge in [0.1, 0.15) is 48.4 Å². The summed E-state index contributed by atoms with van der Waals surface area (Å²) in [4.78, 5) is 35.6. The maximum atomic E-state index is 12.4. The molecule has 16 heteroatoms. The molecular formula is C37H47NO15. The number of aliphatic hydroxyl groups is 2. The molecule has 5 aliphatic rings. The molecule has 2 saturated heterocycles. The Morgan fingerprint density at radius 2 is 1.81 bits per heavy atom. The van der Waals surface area contributed by atoms with Crippen LogP contribution in [0.2, 0.25) is 0 Å². The number of carboxylic acids is 1. The van der Waals surface area contributed by atoms with Gasteiger partial charge >= 0.3 is 11.9 Å². The molecule has 5 heterocycles. The van der Waals surface area contributed by atoms with Crippen LogP contribution in [-0.2, 0) is 39.8 Å². The summed E-state index contributed by atoms with van der Waals surface area (Å²) in [7, 11) is 0. The molecule has 0 radical (unpaired) electrons. The van der Waals surface area contributed by atoms with Crippen LogP contribution in [0.25, 0.3) is 0 Å². The molecular weight excluding hydrogens is 698 g/mol. The molecule has 0 spiro atoms. The number of ether oxygens (including phenoxy) is 8. The Hall–Kier alpha value is -3.90. The van der Waals surface area contributed by atoms with Crippen LogP contribution in [0, 0.1) is 5.92 Å². The number of aliphatic carboxylic acids is 1. The molecule has 53 heavy (non-hydrogen) atoms. The second-order valence-electron chi connectivity index (χ2n) is 14.3. The molecule has 2 aromatic rings. The van der Waals surface area contributed by atoms with Gasteiger partial charge in [-0.05, 0) is 61.8 Å². The maximum Gasteiger partial charge on any atom is 0.317 e. The Morgan fingerprint density at radius 1 is 1.00 bits per heavy atom. The summed E-state index contributed by atoms with van der Waals surface area (Å²) in [5.74, 6) is 1.03. The molecule has 2 fully saturated rings. The van der Waals surface area contributed by atoms with E-state index in [1.165, 1.54) is 0 Å². The third-order valence-electron chi connectivity index (χ3n) is 10.1. The Bertz CT molecular complexity index is 1640. The molecule has 9 unspecified atom stereocenters. The summed E-state index contributed by atoms with van der Waals surface area (Å²) < 4.78 is 48.1. The lowest BCUT2D eigenvalue weighted by Gasteiger charge is -2.44. The Morgan fingerprint density at radius 3 is 2.57 bits per heavy atom. The normalized spacial score (nSPS) is 29.5. The average Bonchev–Trinajstić information content (AvgIpc) is 3.69. The highest BCUT2D eigenvalue weighted by Crippen LogP contribution is 2.55. The van der Waals surface area contributed by atoms with Gasteiger partial charge in [0.15, 0.2) is 29.6 Å². The Balaban J connectivity index is 1.15. The summed E-state index contributed by atoms with van der Waals surface area (Å²) in [6, 6.07) is 7.42. The number of fused-ring (bicyclic) bond motifs is 7. The van der Waals surface area contributed by atoms with Crippen LogP contribution < -0.4 is 29.6 Å². The average molecular weight is 746 g/mol. The van der Waals surface area contributed by atoms with Crippen molar-refractivity contribution in [2.75, 3.05) is 33.2 Å². The first-order valence-electron chi connectivity index (χ1n) is 18.2. The van der Waals surface area contributed by atoms with Gasteiger partial charge in [-0.3, -0.25) is 9.59 Å². The van der Waals surface area contributed by atoms with Gasteiger partial charge in [-0.25, -0.2) is 0 Å². The molecule has 16 nitrogen and oxygen atoms in total. The van der Waals surface area contributed by atoms with Crippen LogP contribution in [-0.4, -0.2) is 103 Å². The number of carbonyl (C=O) groups excluding carboxylic acids is 1. The molecule has 5 N–H and O–H groups in total. The summed E-state index contributed by atoms with van der Waals surface area (Å²) >= 11 is 0. The first-order valence-corrected chi connectivity index (χ1v) is 18.2. The van der Waals surface area contributed by atoms with E-state index in [0.717, 1.165) is 28.9 Å². The number of esters is 1. The fraction of sp³-hybridized carbons (Fsp3) is 0.622. The SMILES string of the molecule is CC(C)CCc1cc(OOC2C(OCCN)OC3C(OC(=O)CC(=O)O)CCC(CCO)OC3C2O)cc2c1OCC1c3cc4c(cc3OC21)OCO4. The highest BCUT2D eigenvalue weighted by molar-refractivity contribution is 5.90. The van der Waals surface area contributed by atoms with Gasteiger partial charge in [-0.1, -0.05) is 13.8 Å². The molecule has 0 bridgehead atoms. The standard InChI is InChI=1S/C37H47NO15/c1-18(2)3-4-19-11-21(12-23-32(19)45-16-24-22-13-27-28(47-17-46-27)14-26(22)50-33(23)24)52-53-36-31(43)35-34(51-37(36)44-10-8-38)25(49-30(42)15-29(40)41)6-5-20(48-35)7-9-39/h11-14,18,20,24-25,31,33-37,39,43H,3-10,15-17,38H2,1-2H3,(H,40,41). The van der Waals surface area contributed by atoms with E-state index < -0.39 is 61.3 Å². The minimum atomic E-state index is -1.44. The van der Waals surface area contributed by atoms with Crippen molar-refractivity contribution >= 4 is 11.9 Å². The summed E-state index contributed by atoms with van der Waals surface area (Å²) in [6.07, 6.45) is -6.50. The molecule has 7 rings (SSSR count). The fourth-order valence-corrected chi connectivity index (χ4v) is 7.55. The van der Waals surface area contributed by atoms with Crippen molar-refractivity contribution < 1.29 is 72.6 Å². The van der Waals surface area contributed by atoms with E-state index in [9.17, 15) is 19.8 Å². The smallest absolute Gasteiger partial charge is 0.317 e. The van der Waals surface area contributed by atoms with E-state index in [-0.39, 0.29) is 51.4 Å². The van der Waals surface area contributed by atoms with Crippen molar-refractivity contribution in [3.63, 3.8) is 0 Å². The topological polar surface area (TPSA) is 213 Å². The lowest BCUT2D eigenvalue weighted by atomic mass is 9.87. The highest BCUT2D eigenvalue weighted by Gasteiger charge is 2.54. The van der Waals surface area contributed by atoms with Crippen molar-refractivity contribution in [1.29, 1.82) is 0 Å². The van der Waals surface area contributed by atoms with Crippen molar-refractivity contribution in [3.05, 3.63) is 41.0 Å². The number of benzene rings is 2. The number of aryl methyl sites for hydroxylation is 1. The molecule has 0 amide bonds. The van der Waals surface area contributed by atoms with E-state index >= 15 is 0 Å². The number of carboxylic acid groups (broad SMARTS) is 1. The monoisotopic (exact) mass is 745 g/mol. The van der Waals surface area contributed by atoms with E-state index in [4.69, 9.17) is 58.5 Å². The summed E-state index contributed by atoms with van der Waals surface area (Å²) in [5, 5.41) is 30.6. The van der Waals surface area contributed by atoms with Gasteiger partial charge in [0.05, 0.1) is 25.2 Å². The van der Waals surface area contributed by atoms with Gasteiger partial charge in [-0.2, -0.15) is 4.89 Å². The Kier molecular flexibility index (Phi) is 11.5. The largest absolute Gasteiger partial charge is 0.492 e. The van der Waals surface area contributed by atoms with Crippen LogP contribution in [0.1, 0.15) is 74.7 Å². The third-order valence-corrected chi connectivity index (χ3v) is 10.1. The van der Waals surface area contributed by atoms with Gasteiger partial charge in [0, 0.05) is 30.3 Å². The van der Waals surface area contributed by atoms with Crippen molar-refractivity contribution in [2.24, 2.45) is 11.7 Å². The van der Waals surface area contributed by atoms with E-state index in [2.05, 4.69) is 13.8 Å². The van der Waals surface area contributed by atoms with Gasteiger partial charge in [0.25, 0.3) is 0 Å². The second-order valence-corrected chi connectivity index (χ2v) is 14.3. The molecule has 5 aliphatic heterocycles. The predicted octanol–water partition coefficient (Wildman–Crippen LogP) is 2.67. The molecule has 0 saturated carbocycles. The molecule has 0 aromatic heterocycles. The van der Waals surface area contributed by atoms with E-state index in [1.54, 1.807) is 6.07 Å². The third kappa shape index (κ3) is 7.99. The Labute approximate surface area is 306 Å². The lowest BCUT2D eigenvalue weighted by Crippen LogP contribution is -2.63. The first kappa shape index (κ1) is 37.4.